The third-order valence-corrected chi connectivity index (χ3v) is 2.21. The molecule has 80 valence electrons. The Morgan fingerprint density at radius 1 is 1.64 bits per heavy atom. The molecule has 0 radical (unpaired) electrons. The summed E-state index contributed by atoms with van der Waals surface area (Å²) in [5.41, 5.74) is 0.614. The lowest BCUT2D eigenvalue weighted by Gasteiger charge is -2.15. The number of methoxy groups -OCH3 is 1. The predicted octanol–water partition coefficient (Wildman–Crippen LogP) is 1.80. The number of hydrogen-bond donors (Lipinski definition) is 1. The number of aliphatic hydroxyl groups excluding tert-OH is 1. The van der Waals surface area contributed by atoms with Crippen LogP contribution in [0.25, 0.3) is 0 Å². The van der Waals surface area contributed by atoms with E-state index in [1.807, 2.05) is 13.8 Å². The number of halogens is 1. The fourth-order valence-electron chi connectivity index (χ4n) is 1.31. The highest BCUT2D eigenvalue weighted by atomic mass is 35.5. The second kappa shape index (κ2) is 4.77. The molecule has 1 unspecified atom stereocenters. The van der Waals surface area contributed by atoms with Crippen molar-refractivity contribution in [3.8, 4) is 0 Å². The molecule has 0 aliphatic heterocycles. The summed E-state index contributed by atoms with van der Waals surface area (Å²) in [7, 11) is 1.53. The van der Waals surface area contributed by atoms with Crippen molar-refractivity contribution in [1.82, 2.24) is 9.78 Å². The highest BCUT2D eigenvalue weighted by Crippen LogP contribution is 2.25. The van der Waals surface area contributed by atoms with Crippen LogP contribution in [0.1, 0.15) is 31.7 Å². The van der Waals surface area contributed by atoms with Crippen molar-refractivity contribution >= 4 is 11.6 Å². The van der Waals surface area contributed by atoms with Crippen molar-refractivity contribution in [1.29, 1.82) is 0 Å². The molecule has 1 aromatic heterocycles. The van der Waals surface area contributed by atoms with Crippen molar-refractivity contribution in [2.45, 2.75) is 26.0 Å². The number of hydrogen-bond acceptors (Lipinski definition) is 3. The standard InChI is InChI=1S/C9H15ClN2O2/c1-6(2)12-9(7(10)4-11-12)8(13)5-14-3/h4,6,8,13H,5H2,1-3H3. The first kappa shape index (κ1) is 11.5. The maximum atomic E-state index is 9.75. The Kier molecular flexibility index (Phi) is 3.92. The summed E-state index contributed by atoms with van der Waals surface area (Å²) in [5, 5.41) is 14.3. The predicted molar refractivity (Wildman–Crippen MR) is 54.5 cm³/mol. The lowest BCUT2D eigenvalue weighted by Crippen LogP contribution is -2.14. The Morgan fingerprint density at radius 3 is 2.79 bits per heavy atom. The monoisotopic (exact) mass is 218 g/mol. The van der Waals surface area contributed by atoms with E-state index in [1.165, 1.54) is 13.3 Å². The Morgan fingerprint density at radius 2 is 2.29 bits per heavy atom. The number of aromatic nitrogens is 2. The summed E-state index contributed by atoms with van der Waals surface area (Å²) in [6.07, 6.45) is 0.813. The third kappa shape index (κ3) is 2.26. The minimum atomic E-state index is -0.725. The third-order valence-electron chi connectivity index (χ3n) is 1.92. The SMILES string of the molecule is COCC(O)c1c(Cl)cnn1C(C)C. The van der Waals surface area contributed by atoms with Crippen LogP contribution in [0.3, 0.4) is 0 Å². The van der Waals surface area contributed by atoms with E-state index in [4.69, 9.17) is 16.3 Å². The molecule has 5 heteroatoms. The quantitative estimate of drug-likeness (QED) is 0.839. The summed E-state index contributed by atoms with van der Waals surface area (Å²) in [5.74, 6) is 0. The molecule has 14 heavy (non-hydrogen) atoms. The van der Waals surface area contributed by atoms with E-state index < -0.39 is 6.10 Å². The van der Waals surface area contributed by atoms with Crippen LogP contribution in [0.5, 0.6) is 0 Å². The van der Waals surface area contributed by atoms with Crippen LogP contribution in [0.2, 0.25) is 5.02 Å². The molecule has 0 aliphatic rings. The molecule has 0 fully saturated rings. The highest BCUT2D eigenvalue weighted by molar-refractivity contribution is 6.31. The molecule has 0 bridgehead atoms. The maximum absolute atomic E-state index is 9.75. The van der Waals surface area contributed by atoms with Gasteiger partial charge in [0.25, 0.3) is 0 Å². The lowest BCUT2D eigenvalue weighted by atomic mass is 10.2. The first-order valence-electron chi connectivity index (χ1n) is 4.47. The average Bonchev–Trinajstić information content (AvgIpc) is 2.47. The molecule has 1 heterocycles. The Hall–Kier alpha value is -0.580. The molecule has 1 atom stereocenters. The fraction of sp³-hybridized carbons (Fsp3) is 0.667. The molecule has 1 rings (SSSR count). The first-order chi connectivity index (χ1) is 6.57. The van der Waals surface area contributed by atoms with E-state index in [9.17, 15) is 5.11 Å². The molecule has 0 aromatic carbocycles. The smallest absolute Gasteiger partial charge is 0.120 e. The molecular weight excluding hydrogens is 204 g/mol. The van der Waals surface area contributed by atoms with Crippen molar-refractivity contribution < 1.29 is 9.84 Å². The zero-order valence-corrected chi connectivity index (χ0v) is 9.32. The molecule has 1 N–H and O–H groups in total. The summed E-state index contributed by atoms with van der Waals surface area (Å²) < 4.78 is 6.57. The number of aliphatic hydroxyl groups is 1. The van der Waals surface area contributed by atoms with E-state index in [2.05, 4.69) is 5.10 Å². The van der Waals surface area contributed by atoms with Gasteiger partial charge in [0.1, 0.15) is 6.10 Å². The van der Waals surface area contributed by atoms with Gasteiger partial charge < -0.3 is 9.84 Å². The van der Waals surface area contributed by atoms with Crippen molar-refractivity contribution in [2.24, 2.45) is 0 Å². The second-order valence-corrected chi connectivity index (χ2v) is 3.79. The molecule has 0 saturated carbocycles. The first-order valence-corrected chi connectivity index (χ1v) is 4.85. The van der Waals surface area contributed by atoms with Crippen LogP contribution < -0.4 is 0 Å². The summed E-state index contributed by atoms with van der Waals surface area (Å²) in [4.78, 5) is 0. The molecular formula is C9H15ClN2O2. The molecule has 0 amide bonds. The Labute approximate surface area is 88.4 Å². The van der Waals surface area contributed by atoms with E-state index in [-0.39, 0.29) is 12.6 Å². The van der Waals surface area contributed by atoms with Gasteiger partial charge in [0.15, 0.2) is 0 Å². The van der Waals surface area contributed by atoms with Gasteiger partial charge >= 0.3 is 0 Å². The average molecular weight is 219 g/mol. The second-order valence-electron chi connectivity index (χ2n) is 3.39. The molecule has 0 saturated heterocycles. The summed E-state index contributed by atoms with van der Waals surface area (Å²) >= 11 is 5.92. The molecule has 0 spiro atoms. The van der Waals surface area contributed by atoms with Crippen LogP contribution in [0.4, 0.5) is 0 Å². The van der Waals surface area contributed by atoms with Crippen LogP contribution in [0, 0.1) is 0 Å². The van der Waals surface area contributed by atoms with Gasteiger partial charge in [-0.15, -0.1) is 0 Å². The minimum absolute atomic E-state index is 0.170. The minimum Gasteiger partial charge on any atom is -0.384 e. The van der Waals surface area contributed by atoms with E-state index in [0.717, 1.165) is 0 Å². The largest absolute Gasteiger partial charge is 0.384 e. The van der Waals surface area contributed by atoms with E-state index in [1.54, 1.807) is 4.68 Å². The summed E-state index contributed by atoms with van der Waals surface area (Å²) in [6.45, 7) is 4.18. The Balaban J connectivity index is 2.98. The fourth-order valence-corrected chi connectivity index (χ4v) is 1.57. The number of ether oxygens (including phenoxy) is 1. The van der Waals surface area contributed by atoms with E-state index in [0.29, 0.717) is 10.7 Å². The van der Waals surface area contributed by atoms with Crippen LogP contribution >= 0.6 is 11.6 Å². The van der Waals surface area contributed by atoms with Gasteiger partial charge in [0.2, 0.25) is 0 Å². The van der Waals surface area contributed by atoms with Gasteiger partial charge in [0, 0.05) is 13.2 Å². The van der Waals surface area contributed by atoms with Crippen LogP contribution in [0.15, 0.2) is 6.20 Å². The van der Waals surface area contributed by atoms with Gasteiger partial charge in [-0.3, -0.25) is 4.68 Å². The number of nitrogens with zero attached hydrogens (tertiary/aromatic N) is 2. The van der Waals surface area contributed by atoms with Crippen LogP contribution in [-0.2, 0) is 4.74 Å². The number of rotatable bonds is 4. The lowest BCUT2D eigenvalue weighted by molar-refractivity contribution is 0.0579. The van der Waals surface area contributed by atoms with Crippen LogP contribution in [-0.4, -0.2) is 28.6 Å². The van der Waals surface area contributed by atoms with Crippen molar-refractivity contribution in [3.05, 3.63) is 16.9 Å². The van der Waals surface area contributed by atoms with Gasteiger partial charge in [-0.2, -0.15) is 5.10 Å². The zero-order chi connectivity index (χ0) is 10.7. The van der Waals surface area contributed by atoms with Gasteiger partial charge in [-0.05, 0) is 13.8 Å². The van der Waals surface area contributed by atoms with Crippen molar-refractivity contribution in [2.75, 3.05) is 13.7 Å². The zero-order valence-electron chi connectivity index (χ0n) is 8.57. The molecule has 1 aromatic rings. The van der Waals surface area contributed by atoms with Crippen molar-refractivity contribution in [3.63, 3.8) is 0 Å². The maximum Gasteiger partial charge on any atom is 0.120 e. The Bertz CT molecular complexity index is 299. The molecule has 0 aliphatic carbocycles. The summed E-state index contributed by atoms with van der Waals surface area (Å²) in [6, 6.07) is 0.170. The highest BCUT2D eigenvalue weighted by Gasteiger charge is 2.19. The topological polar surface area (TPSA) is 47.3 Å². The van der Waals surface area contributed by atoms with Gasteiger partial charge in [-0.1, -0.05) is 11.6 Å². The normalized spacial score (nSPS) is 13.6. The molecule has 4 nitrogen and oxygen atoms in total. The van der Waals surface area contributed by atoms with Gasteiger partial charge in [-0.25, -0.2) is 0 Å². The van der Waals surface area contributed by atoms with Gasteiger partial charge in [0.05, 0.1) is 23.5 Å². The van der Waals surface area contributed by atoms with E-state index >= 15 is 0 Å².